The van der Waals surface area contributed by atoms with Crippen molar-refractivity contribution in [1.29, 1.82) is 0 Å². The summed E-state index contributed by atoms with van der Waals surface area (Å²) in [5, 5.41) is 2.62. The van der Waals surface area contributed by atoms with Crippen LogP contribution in [0.2, 0.25) is 0 Å². The maximum atomic E-state index is 11.6. The zero-order valence-electron chi connectivity index (χ0n) is 10.4. The molecule has 0 saturated heterocycles. The summed E-state index contributed by atoms with van der Waals surface area (Å²) >= 11 is 0. The number of carbonyl (C=O) groups excluding carboxylic acids is 3. The Bertz CT molecular complexity index is 292. The minimum Gasteiger partial charge on any atom is -0.346 e. The molecule has 0 aromatic carbocycles. The number of quaternary nitrogens is 1. The summed E-state index contributed by atoms with van der Waals surface area (Å²) in [7, 11) is 0. The van der Waals surface area contributed by atoms with Crippen molar-refractivity contribution in [2.24, 2.45) is 5.41 Å². The van der Waals surface area contributed by atoms with E-state index in [0.717, 1.165) is 0 Å². The molecule has 0 aliphatic carbocycles. The van der Waals surface area contributed by atoms with Crippen molar-refractivity contribution < 1.29 is 20.1 Å². The highest BCUT2D eigenvalue weighted by Crippen LogP contribution is 2.13. The van der Waals surface area contributed by atoms with Gasteiger partial charge in [-0.05, 0) is 6.92 Å². The lowest BCUT2D eigenvalue weighted by molar-refractivity contribution is -0.305. The minimum atomic E-state index is -0.550. The monoisotopic (exact) mass is 229 g/mol. The molecule has 0 aliphatic heterocycles. The molecule has 0 rings (SSSR count). The maximum Gasteiger partial charge on any atom is 0.309 e. The van der Waals surface area contributed by atoms with Gasteiger partial charge < -0.3 is 5.32 Å². The van der Waals surface area contributed by atoms with Gasteiger partial charge in [0.2, 0.25) is 5.91 Å². The Kier molecular flexibility index (Phi) is 5.30. The van der Waals surface area contributed by atoms with Crippen LogP contribution in [-0.2, 0) is 14.4 Å². The van der Waals surface area contributed by atoms with Gasteiger partial charge in [0, 0.05) is 11.8 Å². The highest BCUT2D eigenvalue weighted by molar-refractivity contribution is 5.91. The molecule has 0 bridgehead atoms. The average Bonchev–Trinajstić information content (AvgIpc) is 2.12. The molecule has 5 heteroatoms. The van der Waals surface area contributed by atoms with Gasteiger partial charge in [-0.3, -0.25) is 15.3 Å². The molecule has 5 nitrogen and oxygen atoms in total. The summed E-state index contributed by atoms with van der Waals surface area (Å²) < 4.78 is 0. The third kappa shape index (κ3) is 5.60. The number of hydrogen-bond acceptors (Lipinski definition) is 3. The number of amides is 2. The van der Waals surface area contributed by atoms with E-state index in [-0.39, 0.29) is 30.4 Å². The number of ketones is 1. The lowest BCUT2D eigenvalue weighted by atomic mass is 9.95. The van der Waals surface area contributed by atoms with E-state index in [0.29, 0.717) is 0 Å². The van der Waals surface area contributed by atoms with Crippen LogP contribution in [0.15, 0.2) is 0 Å². The summed E-state index contributed by atoms with van der Waals surface area (Å²) in [4.78, 5) is 33.7. The number of Topliss-reactive ketones (excluding diaryl/α,β-unsaturated/α-hetero) is 1. The van der Waals surface area contributed by atoms with Crippen molar-refractivity contribution in [3.8, 4) is 0 Å². The first-order valence-corrected chi connectivity index (χ1v) is 5.33. The first-order valence-electron chi connectivity index (χ1n) is 5.33. The van der Waals surface area contributed by atoms with Crippen molar-refractivity contribution in [3.05, 3.63) is 0 Å². The number of hydrogen-bond donors (Lipinski definition) is 2. The molecule has 2 amide bonds. The van der Waals surface area contributed by atoms with Gasteiger partial charge in [0.25, 0.3) is 0 Å². The molecular weight excluding hydrogens is 208 g/mol. The zero-order chi connectivity index (χ0) is 12.9. The third-order valence-electron chi connectivity index (χ3n) is 2.16. The summed E-state index contributed by atoms with van der Waals surface area (Å²) in [6, 6.07) is -0.550. The van der Waals surface area contributed by atoms with Crippen molar-refractivity contribution in [2.45, 2.75) is 46.6 Å². The van der Waals surface area contributed by atoms with Gasteiger partial charge in [0.05, 0.1) is 12.5 Å². The van der Waals surface area contributed by atoms with Crippen LogP contribution >= 0.6 is 0 Å². The standard InChI is InChI=1S/C11H20N2O3/c1-7(8(14)5-6-9(12)15)13-10(16)11(2,3)4/h7H,5-6H2,1-4H3,(H2,12,15)(H,13,16)/p+1. The Hall–Kier alpha value is -1.23. The Morgan fingerprint density at radius 3 is 2.06 bits per heavy atom. The Balaban J connectivity index is 4.16. The first kappa shape index (κ1) is 14.8. The second-order valence-corrected chi connectivity index (χ2v) is 4.95. The normalized spacial score (nSPS) is 13.1. The molecule has 1 atom stereocenters. The summed E-state index contributed by atoms with van der Waals surface area (Å²) in [6.45, 7) is 6.95. The fraction of sp³-hybridized carbons (Fsp3) is 0.727. The van der Waals surface area contributed by atoms with Crippen LogP contribution in [0.4, 0.5) is 0 Å². The van der Waals surface area contributed by atoms with Crippen molar-refractivity contribution >= 4 is 17.6 Å². The summed E-state index contributed by atoms with van der Waals surface area (Å²) in [6.07, 6.45) is 0.266. The first-order chi connectivity index (χ1) is 7.14. The molecule has 0 aromatic rings. The van der Waals surface area contributed by atoms with Gasteiger partial charge in [0.15, 0.2) is 5.78 Å². The maximum absolute atomic E-state index is 11.6. The van der Waals surface area contributed by atoms with Crippen LogP contribution in [0.25, 0.3) is 0 Å². The summed E-state index contributed by atoms with van der Waals surface area (Å²) in [5.41, 5.74) is 2.67. The molecular formula is C11H21N2O3+. The lowest BCUT2D eigenvalue weighted by Gasteiger charge is -2.20. The van der Waals surface area contributed by atoms with Crippen LogP contribution in [0, 0.1) is 5.41 Å². The predicted octanol–water partition coefficient (Wildman–Crippen LogP) is -0.345. The molecule has 0 saturated carbocycles. The largest absolute Gasteiger partial charge is 0.346 e. The molecule has 0 aromatic heterocycles. The van der Waals surface area contributed by atoms with Gasteiger partial charge >= 0.3 is 5.91 Å². The van der Waals surface area contributed by atoms with Crippen molar-refractivity contribution in [3.63, 3.8) is 0 Å². The third-order valence-corrected chi connectivity index (χ3v) is 2.16. The fourth-order valence-electron chi connectivity index (χ4n) is 0.973. The molecule has 92 valence electrons. The van der Waals surface area contributed by atoms with E-state index in [4.69, 9.17) is 0 Å². The molecule has 1 unspecified atom stereocenters. The van der Waals surface area contributed by atoms with Gasteiger partial charge in [-0.1, -0.05) is 20.8 Å². The van der Waals surface area contributed by atoms with E-state index < -0.39 is 11.5 Å². The van der Waals surface area contributed by atoms with E-state index in [2.05, 4.69) is 11.1 Å². The van der Waals surface area contributed by atoms with Crippen LogP contribution < -0.4 is 11.1 Å². The van der Waals surface area contributed by atoms with Gasteiger partial charge in [-0.15, -0.1) is 0 Å². The van der Waals surface area contributed by atoms with Crippen LogP contribution in [0.1, 0.15) is 40.5 Å². The van der Waals surface area contributed by atoms with Crippen LogP contribution in [-0.4, -0.2) is 23.6 Å². The SMILES string of the molecule is CC(NC(=O)C(C)(C)C)C(=O)CCC([NH3+])=O. The Morgan fingerprint density at radius 2 is 1.69 bits per heavy atom. The van der Waals surface area contributed by atoms with Crippen LogP contribution in [0.5, 0.6) is 0 Å². The number of rotatable bonds is 5. The van der Waals surface area contributed by atoms with Gasteiger partial charge in [0.1, 0.15) is 0 Å². The highest BCUT2D eigenvalue weighted by atomic mass is 16.2. The zero-order valence-corrected chi connectivity index (χ0v) is 10.4. The lowest BCUT2D eigenvalue weighted by Crippen LogP contribution is -2.57. The number of carbonyl (C=O) groups is 3. The van der Waals surface area contributed by atoms with E-state index in [9.17, 15) is 14.4 Å². The molecule has 0 fully saturated rings. The second-order valence-electron chi connectivity index (χ2n) is 4.95. The van der Waals surface area contributed by atoms with E-state index in [1.54, 1.807) is 27.7 Å². The minimum absolute atomic E-state index is 0.133. The van der Waals surface area contributed by atoms with E-state index in [1.807, 2.05) is 0 Å². The highest BCUT2D eigenvalue weighted by Gasteiger charge is 2.25. The predicted molar refractivity (Wildman–Crippen MR) is 59.2 cm³/mol. The fourth-order valence-corrected chi connectivity index (χ4v) is 0.973. The smallest absolute Gasteiger partial charge is 0.309 e. The second kappa shape index (κ2) is 5.75. The Morgan fingerprint density at radius 1 is 1.19 bits per heavy atom. The molecule has 0 radical (unpaired) electrons. The molecule has 0 heterocycles. The van der Waals surface area contributed by atoms with E-state index >= 15 is 0 Å². The van der Waals surface area contributed by atoms with Gasteiger partial charge in [-0.25, -0.2) is 4.79 Å². The Labute approximate surface area is 95.8 Å². The summed E-state index contributed by atoms with van der Waals surface area (Å²) in [5.74, 6) is -0.577. The molecule has 16 heavy (non-hydrogen) atoms. The number of nitrogens with one attached hydrogen (secondary N) is 1. The quantitative estimate of drug-likeness (QED) is 0.675. The molecule has 0 spiro atoms. The van der Waals surface area contributed by atoms with Crippen molar-refractivity contribution in [2.75, 3.05) is 0 Å². The van der Waals surface area contributed by atoms with Gasteiger partial charge in [-0.2, -0.15) is 0 Å². The molecule has 4 N–H and O–H groups in total. The van der Waals surface area contributed by atoms with E-state index in [1.165, 1.54) is 0 Å². The molecule has 0 aliphatic rings. The topological polar surface area (TPSA) is 90.9 Å². The van der Waals surface area contributed by atoms with Crippen molar-refractivity contribution in [1.82, 2.24) is 5.32 Å². The van der Waals surface area contributed by atoms with Crippen LogP contribution in [0.3, 0.4) is 0 Å². The average molecular weight is 229 g/mol.